The lowest BCUT2D eigenvalue weighted by molar-refractivity contribution is -0.137. The summed E-state index contributed by atoms with van der Waals surface area (Å²) in [5.41, 5.74) is 5.72. The molecule has 21 heavy (non-hydrogen) atoms. The first-order valence-corrected chi connectivity index (χ1v) is 8.36. The van der Waals surface area contributed by atoms with Crippen LogP contribution in [0.25, 0.3) is 0 Å². The van der Waals surface area contributed by atoms with Gasteiger partial charge in [0, 0.05) is 24.5 Å². The summed E-state index contributed by atoms with van der Waals surface area (Å²) >= 11 is 1.64. The molecule has 1 atom stereocenters. The summed E-state index contributed by atoms with van der Waals surface area (Å²) in [7, 11) is 1.73. The topological polar surface area (TPSA) is 29.3 Å². The molecule has 0 fully saturated rings. The number of anilines is 1. The summed E-state index contributed by atoms with van der Waals surface area (Å²) in [6.45, 7) is 2.34. The monoisotopic (exact) mass is 320 g/mol. The molecule has 0 aliphatic carbocycles. The van der Waals surface area contributed by atoms with Gasteiger partial charge in [-0.15, -0.1) is 0 Å². The van der Waals surface area contributed by atoms with Gasteiger partial charge in [0.25, 0.3) is 0 Å². The van der Waals surface area contributed by atoms with Gasteiger partial charge in [0.15, 0.2) is 0 Å². The highest BCUT2D eigenvalue weighted by Gasteiger charge is 2.35. The average Bonchev–Trinajstić information content (AvgIpc) is 2.43. The largest absolute Gasteiger partial charge is 0.418 e. The van der Waals surface area contributed by atoms with Crippen molar-refractivity contribution in [1.29, 1.82) is 0 Å². The summed E-state index contributed by atoms with van der Waals surface area (Å²) in [5.74, 6) is 0.800. The van der Waals surface area contributed by atoms with Crippen molar-refractivity contribution in [1.82, 2.24) is 0 Å². The first kappa shape index (κ1) is 18.2. The van der Waals surface area contributed by atoms with Gasteiger partial charge in [-0.2, -0.15) is 24.9 Å². The molecular weight excluding hydrogens is 297 g/mol. The van der Waals surface area contributed by atoms with Gasteiger partial charge in [0.2, 0.25) is 0 Å². The van der Waals surface area contributed by atoms with E-state index in [0.29, 0.717) is 18.5 Å². The van der Waals surface area contributed by atoms with Gasteiger partial charge in [0.05, 0.1) is 5.56 Å². The quantitative estimate of drug-likeness (QED) is 0.829. The summed E-state index contributed by atoms with van der Waals surface area (Å²) in [6, 6.07) is 4.61. The number of halogens is 3. The van der Waals surface area contributed by atoms with E-state index in [0.717, 1.165) is 12.2 Å². The van der Waals surface area contributed by atoms with Crippen LogP contribution in [0.2, 0.25) is 0 Å². The van der Waals surface area contributed by atoms with Crippen molar-refractivity contribution in [2.24, 2.45) is 5.73 Å². The fourth-order valence-electron chi connectivity index (χ4n) is 2.33. The number of benzene rings is 1. The predicted octanol–water partition coefficient (Wildman–Crippen LogP) is 3.78. The number of rotatable bonds is 7. The molecule has 0 heterocycles. The highest BCUT2D eigenvalue weighted by Crippen LogP contribution is 2.38. The van der Waals surface area contributed by atoms with Crippen LogP contribution in [0.3, 0.4) is 0 Å². The second-order valence-corrected chi connectivity index (χ2v) is 5.93. The van der Waals surface area contributed by atoms with Gasteiger partial charge < -0.3 is 10.6 Å². The molecule has 0 amide bonds. The number of thioether (sulfide) groups is 1. The normalized spacial score (nSPS) is 13.3. The summed E-state index contributed by atoms with van der Waals surface area (Å²) in [6.07, 6.45) is -1.13. The lowest BCUT2D eigenvalue weighted by Crippen LogP contribution is -2.34. The Morgan fingerprint density at radius 3 is 2.48 bits per heavy atom. The maximum atomic E-state index is 13.3. The Balaban J connectivity index is 3.21. The average molecular weight is 320 g/mol. The van der Waals surface area contributed by atoms with Crippen LogP contribution in [0.4, 0.5) is 18.9 Å². The number of alkyl halides is 3. The molecule has 1 aromatic carbocycles. The molecule has 0 bridgehead atoms. The van der Waals surface area contributed by atoms with Gasteiger partial charge in [-0.3, -0.25) is 0 Å². The molecule has 0 saturated heterocycles. The molecule has 0 aliphatic rings. The van der Waals surface area contributed by atoms with Crippen molar-refractivity contribution in [3.63, 3.8) is 0 Å². The van der Waals surface area contributed by atoms with Gasteiger partial charge >= 0.3 is 6.18 Å². The number of nitrogens with two attached hydrogens (primary N) is 1. The standard InChI is InChI=1S/C15H23F3N2S/c1-4-12(10-21-3)20(2)14-6-5-11(7-8-19)9-13(14)15(16,17)18/h5-6,9,12H,4,7-8,10,19H2,1-3H3. The zero-order chi connectivity index (χ0) is 16.0. The maximum Gasteiger partial charge on any atom is 0.418 e. The van der Waals surface area contributed by atoms with E-state index in [9.17, 15) is 13.2 Å². The SMILES string of the molecule is CCC(CSC)N(C)c1ccc(CCN)cc1C(F)(F)F. The summed E-state index contributed by atoms with van der Waals surface area (Å²) in [4.78, 5) is 1.74. The van der Waals surface area contributed by atoms with Crippen molar-refractivity contribution in [2.45, 2.75) is 32.0 Å². The molecule has 2 nitrogen and oxygen atoms in total. The summed E-state index contributed by atoms with van der Waals surface area (Å²) in [5, 5.41) is 0. The Kier molecular flexibility index (Phi) is 6.87. The molecule has 0 aromatic heterocycles. The van der Waals surface area contributed by atoms with Crippen molar-refractivity contribution in [2.75, 3.05) is 30.5 Å². The third-order valence-electron chi connectivity index (χ3n) is 3.56. The van der Waals surface area contributed by atoms with Crippen molar-refractivity contribution >= 4 is 17.4 Å². The fraction of sp³-hybridized carbons (Fsp3) is 0.600. The summed E-state index contributed by atoms with van der Waals surface area (Å²) < 4.78 is 40.0. The highest BCUT2D eigenvalue weighted by molar-refractivity contribution is 7.98. The molecule has 1 unspecified atom stereocenters. The molecule has 1 rings (SSSR count). The molecule has 0 radical (unpaired) electrons. The Labute approximate surface area is 128 Å². The van der Waals surface area contributed by atoms with Crippen LogP contribution in [0.1, 0.15) is 24.5 Å². The van der Waals surface area contributed by atoms with E-state index in [1.54, 1.807) is 35.8 Å². The minimum atomic E-state index is -4.36. The minimum Gasteiger partial charge on any atom is -0.370 e. The van der Waals surface area contributed by atoms with E-state index >= 15 is 0 Å². The van der Waals surface area contributed by atoms with E-state index in [-0.39, 0.29) is 11.7 Å². The van der Waals surface area contributed by atoms with Crippen molar-refractivity contribution in [3.8, 4) is 0 Å². The fourth-order valence-corrected chi connectivity index (χ4v) is 3.18. The third-order valence-corrected chi connectivity index (χ3v) is 4.28. The first-order chi connectivity index (χ1) is 9.85. The van der Waals surface area contributed by atoms with Gasteiger partial charge in [0.1, 0.15) is 0 Å². The number of hydrogen-bond donors (Lipinski definition) is 1. The van der Waals surface area contributed by atoms with Crippen LogP contribution in [0, 0.1) is 0 Å². The number of nitrogens with zero attached hydrogens (tertiary/aromatic N) is 1. The van der Waals surface area contributed by atoms with Crippen LogP contribution >= 0.6 is 11.8 Å². The van der Waals surface area contributed by atoms with Crippen LogP contribution in [-0.2, 0) is 12.6 Å². The van der Waals surface area contributed by atoms with Crippen LogP contribution in [-0.4, -0.2) is 31.6 Å². The van der Waals surface area contributed by atoms with Gasteiger partial charge in [-0.05, 0) is 43.3 Å². The smallest absolute Gasteiger partial charge is 0.370 e. The third kappa shape index (κ3) is 4.81. The second kappa shape index (κ2) is 7.94. The lowest BCUT2D eigenvalue weighted by Gasteiger charge is -2.31. The molecule has 120 valence electrons. The van der Waals surface area contributed by atoms with E-state index < -0.39 is 11.7 Å². The zero-order valence-corrected chi connectivity index (χ0v) is 13.5. The molecule has 0 spiro atoms. The molecular formula is C15H23F3N2S. The Morgan fingerprint density at radius 2 is 2.00 bits per heavy atom. The van der Waals surface area contributed by atoms with Gasteiger partial charge in [-0.1, -0.05) is 13.0 Å². The zero-order valence-electron chi connectivity index (χ0n) is 12.7. The minimum absolute atomic E-state index is 0.0847. The molecule has 0 saturated carbocycles. The Bertz CT molecular complexity index is 449. The molecule has 0 aliphatic heterocycles. The van der Waals surface area contributed by atoms with Gasteiger partial charge in [-0.25, -0.2) is 0 Å². The lowest BCUT2D eigenvalue weighted by atomic mass is 10.0. The molecule has 2 N–H and O–H groups in total. The first-order valence-electron chi connectivity index (χ1n) is 6.97. The maximum absolute atomic E-state index is 13.3. The highest BCUT2D eigenvalue weighted by atomic mass is 32.2. The number of hydrogen-bond acceptors (Lipinski definition) is 3. The van der Waals surface area contributed by atoms with Crippen LogP contribution < -0.4 is 10.6 Å². The van der Waals surface area contributed by atoms with Crippen molar-refractivity contribution in [3.05, 3.63) is 29.3 Å². The van der Waals surface area contributed by atoms with E-state index in [2.05, 4.69) is 0 Å². The molecule has 1 aromatic rings. The Hall–Kier alpha value is -0.880. The second-order valence-electron chi connectivity index (χ2n) is 5.02. The molecule has 6 heteroatoms. The van der Waals surface area contributed by atoms with Crippen molar-refractivity contribution < 1.29 is 13.2 Å². The van der Waals surface area contributed by atoms with E-state index in [1.165, 1.54) is 6.07 Å². The Morgan fingerprint density at radius 1 is 1.33 bits per heavy atom. The predicted molar refractivity (Wildman–Crippen MR) is 85.1 cm³/mol. The van der Waals surface area contributed by atoms with E-state index in [1.807, 2.05) is 13.2 Å². The van der Waals surface area contributed by atoms with Crippen LogP contribution in [0.15, 0.2) is 18.2 Å². The van der Waals surface area contributed by atoms with Crippen LogP contribution in [0.5, 0.6) is 0 Å². The van der Waals surface area contributed by atoms with E-state index in [4.69, 9.17) is 5.73 Å².